The van der Waals surface area contributed by atoms with Crippen LogP contribution in [0.4, 0.5) is 11.4 Å². The number of hydrogen-bond donors (Lipinski definition) is 1. The number of anilines is 1. The van der Waals surface area contributed by atoms with E-state index in [2.05, 4.69) is 10.2 Å². The van der Waals surface area contributed by atoms with Gasteiger partial charge in [-0.05, 0) is 27.1 Å². The Balaban J connectivity index is 2.64. The van der Waals surface area contributed by atoms with Gasteiger partial charge < -0.3 is 15.0 Å². The lowest BCUT2D eigenvalue weighted by Gasteiger charge is -2.11. The van der Waals surface area contributed by atoms with Crippen LogP contribution < -0.4 is 10.1 Å². The molecule has 1 rings (SSSR count). The summed E-state index contributed by atoms with van der Waals surface area (Å²) in [6.45, 7) is 1.74. The van der Waals surface area contributed by atoms with Crippen LogP contribution in [-0.2, 0) is 0 Å². The van der Waals surface area contributed by atoms with E-state index >= 15 is 0 Å². The van der Waals surface area contributed by atoms with Gasteiger partial charge >= 0.3 is 0 Å². The zero-order valence-electron chi connectivity index (χ0n) is 11.0. The minimum Gasteiger partial charge on any atom is -0.496 e. The lowest BCUT2D eigenvalue weighted by molar-refractivity contribution is -0.384. The molecule has 0 amide bonds. The summed E-state index contributed by atoms with van der Waals surface area (Å²) >= 11 is 0. The second kappa shape index (κ2) is 6.80. The fourth-order valence-electron chi connectivity index (χ4n) is 1.54. The number of non-ortho nitro benzene ring substituents is 1. The molecule has 6 heteroatoms. The Hall–Kier alpha value is -1.82. The summed E-state index contributed by atoms with van der Waals surface area (Å²) in [5.74, 6) is 0.485. The summed E-state index contributed by atoms with van der Waals surface area (Å²) in [5.41, 5.74) is 0.740. The molecule has 0 atom stereocenters. The normalized spacial score (nSPS) is 10.4. The maximum absolute atomic E-state index is 10.8. The maximum atomic E-state index is 10.8. The van der Waals surface area contributed by atoms with Crippen molar-refractivity contribution in [1.29, 1.82) is 0 Å². The molecule has 18 heavy (non-hydrogen) atoms. The van der Waals surface area contributed by atoms with Gasteiger partial charge in [0.1, 0.15) is 5.75 Å². The molecule has 1 aromatic carbocycles. The number of rotatable bonds is 7. The van der Waals surface area contributed by atoms with Crippen molar-refractivity contribution in [2.75, 3.05) is 39.6 Å². The number of nitrogens with zero attached hydrogens (tertiary/aromatic N) is 2. The molecule has 100 valence electrons. The molecule has 6 nitrogen and oxygen atoms in total. The number of benzene rings is 1. The van der Waals surface area contributed by atoms with Crippen molar-refractivity contribution in [3.05, 3.63) is 28.3 Å². The predicted octanol–water partition coefficient (Wildman–Crippen LogP) is 1.97. The topological polar surface area (TPSA) is 67.6 Å². The summed E-state index contributed by atoms with van der Waals surface area (Å²) in [6.07, 6.45) is 0.970. The third-order valence-corrected chi connectivity index (χ3v) is 2.45. The minimum atomic E-state index is -0.423. The molecule has 0 radical (unpaired) electrons. The van der Waals surface area contributed by atoms with Crippen LogP contribution in [-0.4, -0.2) is 44.1 Å². The SMILES string of the molecule is COc1cc(NCCCN(C)C)cc([N+](=O)[O-])c1. The van der Waals surface area contributed by atoms with Crippen LogP contribution in [0.2, 0.25) is 0 Å². The first-order chi connectivity index (χ1) is 8.52. The first-order valence-electron chi connectivity index (χ1n) is 5.75. The molecule has 0 aromatic heterocycles. The Bertz CT molecular complexity index is 408. The highest BCUT2D eigenvalue weighted by atomic mass is 16.6. The number of hydrogen-bond acceptors (Lipinski definition) is 5. The van der Waals surface area contributed by atoms with Gasteiger partial charge in [0, 0.05) is 24.4 Å². The predicted molar refractivity (Wildman–Crippen MR) is 71.3 cm³/mol. The van der Waals surface area contributed by atoms with Crippen molar-refractivity contribution in [3.8, 4) is 5.75 Å². The van der Waals surface area contributed by atoms with E-state index in [9.17, 15) is 10.1 Å². The molecule has 0 spiro atoms. The highest BCUT2D eigenvalue weighted by Crippen LogP contribution is 2.25. The standard InChI is InChI=1S/C12H19N3O3/c1-14(2)6-4-5-13-10-7-11(15(16)17)9-12(8-10)18-3/h7-9,13H,4-6H2,1-3H3. The van der Waals surface area contributed by atoms with Gasteiger partial charge in [0.25, 0.3) is 5.69 Å². The molecule has 0 unspecified atom stereocenters. The van der Waals surface area contributed by atoms with Crippen molar-refractivity contribution in [1.82, 2.24) is 4.90 Å². The minimum absolute atomic E-state index is 0.0319. The summed E-state index contributed by atoms with van der Waals surface area (Å²) < 4.78 is 5.04. The monoisotopic (exact) mass is 253 g/mol. The van der Waals surface area contributed by atoms with Crippen molar-refractivity contribution in [2.45, 2.75) is 6.42 Å². The highest BCUT2D eigenvalue weighted by Gasteiger charge is 2.09. The van der Waals surface area contributed by atoms with Gasteiger partial charge in [0.2, 0.25) is 0 Å². The molecule has 0 saturated heterocycles. The zero-order valence-corrected chi connectivity index (χ0v) is 11.0. The Labute approximate surface area is 107 Å². The lowest BCUT2D eigenvalue weighted by atomic mass is 10.2. The second-order valence-electron chi connectivity index (χ2n) is 4.26. The van der Waals surface area contributed by atoms with E-state index in [4.69, 9.17) is 4.74 Å². The number of ether oxygens (including phenoxy) is 1. The van der Waals surface area contributed by atoms with Crippen molar-refractivity contribution in [2.24, 2.45) is 0 Å². The van der Waals surface area contributed by atoms with E-state index in [0.29, 0.717) is 11.4 Å². The van der Waals surface area contributed by atoms with Gasteiger partial charge in [-0.15, -0.1) is 0 Å². The smallest absolute Gasteiger partial charge is 0.275 e. The third-order valence-electron chi connectivity index (χ3n) is 2.45. The molecule has 0 aliphatic heterocycles. The number of nitro benzene ring substituents is 1. The molecule has 0 aliphatic carbocycles. The number of nitrogens with one attached hydrogen (secondary N) is 1. The first kappa shape index (κ1) is 14.2. The lowest BCUT2D eigenvalue weighted by Crippen LogP contribution is -2.16. The Kier molecular flexibility index (Phi) is 5.38. The summed E-state index contributed by atoms with van der Waals surface area (Å²) in [5, 5.41) is 13.9. The molecular formula is C12H19N3O3. The van der Waals surface area contributed by atoms with E-state index in [0.717, 1.165) is 19.5 Å². The molecule has 1 aromatic rings. The van der Waals surface area contributed by atoms with Gasteiger partial charge in [-0.1, -0.05) is 0 Å². The summed E-state index contributed by atoms with van der Waals surface area (Å²) in [7, 11) is 5.52. The molecule has 0 saturated carbocycles. The highest BCUT2D eigenvalue weighted by molar-refractivity contribution is 5.56. The van der Waals surface area contributed by atoms with E-state index in [-0.39, 0.29) is 5.69 Å². The van der Waals surface area contributed by atoms with Crippen LogP contribution in [0.1, 0.15) is 6.42 Å². The van der Waals surface area contributed by atoms with Gasteiger partial charge in [0.15, 0.2) is 0 Å². The Morgan fingerprint density at radius 3 is 2.67 bits per heavy atom. The fourth-order valence-corrected chi connectivity index (χ4v) is 1.54. The maximum Gasteiger partial charge on any atom is 0.275 e. The average molecular weight is 253 g/mol. The van der Waals surface area contributed by atoms with Gasteiger partial charge in [-0.3, -0.25) is 10.1 Å². The number of nitro groups is 1. The van der Waals surface area contributed by atoms with Gasteiger partial charge in [-0.2, -0.15) is 0 Å². The molecule has 0 heterocycles. The molecule has 0 bridgehead atoms. The molecule has 0 fully saturated rings. The molecule has 1 N–H and O–H groups in total. The number of methoxy groups -OCH3 is 1. The van der Waals surface area contributed by atoms with Crippen LogP contribution in [0, 0.1) is 10.1 Å². The molecule has 0 aliphatic rings. The van der Waals surface area contributed by atoms with E-state index in [1.165, 1.54) is 19.2 Å². The van der Waals surface area contributed by atoms with Crippen molar-refractivity contribution < 1.29 is 9.66 Å². The van der Waals surface area contributed by atoms with Crippen LogP contribution in [0.15, 0.2) is 18.2 Å². The van der Waals surface area contributed by atoms with Crippen molar-refractivity contribution in [3.63, 3.8) is 0 Å². The third kappa shape index (κ3) is 4.58. The molecular weight excluding hydrogens is 234 g/mol. The van der Waals surface area contributed by atoms with Crippen LogP contribution in [0.3, 0.4) is 0 Å². The summed E-state index contributed by atoms with van der Waals surface area (Å²) in [4.78, 5) is 12.4. The van der Waals surface area contributed by atoms with Gasteiger partial charge in [-0.25, -0.2) is 0 Å². The van der Waals surface area contributed by atoms with Gasteiger partial charge in [0.05, 0.1) is 18.1 Å². The average Bonchev–Trinajstić information content (AvgIpc) is 2.34. The van der Waals surface area contributed by atoms with E-state index in [1.807, 2.05) is 14.1 Å². The van der Waals surface area contributed by atoms with Crippen molar-refractivity contribution >= 4 is 11.4 Å². The van der Waals surface area contributed by atoms with E-state index in [1.54, 1.807) is 6.07 Å². The second-order valence-corrected chi connectivity index (χ2v) is 4.26. The Morgan fingerprint density at radius 2 is 2.11 bits per heavy atom. The fraction of sp³-hybridized carbons (Fsp3) is 0.500. The zero-order chi connectivity index (χ0) is 13.5. The van der Waals surface area contributed by atoms with Crippen LogP contribution in [0.5, 0.6) is 5.75 Å². The largest absolute Gasteiger partial charge is 0.496 e. The van der Waals surface area contributed by atoms with E-state index < -0.39 is 4.92 Å². The summed E-state index contributed by atoms with van der Waals surface area (Å²) in [6, 6.07) is 4.67. The quantitative estimate of drug-likeness (QED) is 0.457. The first-order valence-corrected chi connectivity index (χ1v) is 5.75. The Morgan fingerprint density at radius 1 is 1.39 bits per heavy atom. The van der Waals surface area contributed by atoms with Crippen LogP contribution in [0.25, 0.3) is 0 Å². The van der Waals surface area contributed by atoms with Crippen LogP contribution >= 0.6 is 0 Å².